The van der Waals surface area contributed by atoms with Crippen LogP contribution in [0.1, 0.15) is 28.4 Å². The molecule has 4 nitrogen and oxygen atoms in total. The zero-order valence-electron chi connectivity index (χ0n) is 17.2. The molecular weight excluding hydrogens is 470 g/mol. The van der Waals surface area contributed by atoms with Gasteiger partial charge in [-0.05, 0) is 23.6 Å². The van der Waals surface area contributed by atoms with Crippen molar-refractivity contribution in [2.45, 2.75) is 25.0 Å². The van der Waals surface area contributed by atoms with Crippen LogP contribution in [0.4, 0.5) is 0 Å². The van der Waals surface area contributed by atoms with E-state index in [0.717, 1.165) is 38.6 Å². The molecule has 156 valence electrons. The molecular formula is C25H22BrN3OS. The summed E-state index contributed by atoms with van der Waals surface area (Å²) >= 11 is 5.05. The van der Waals surface area contributed by atoms with E-state index >= 15 is 0 Å². The zero-order valence-corrected chi connectivity index (χ0v) is 19.6. The van der Waals surface area contributed by atoms with Crippen LogP contribution >= 0.6 is 27.7 Å². The molecule has 3 aromatic carbocycles. The lowest BCUT2D eigenvalue weighted by molar-refractivity contribution is 0.102. The van der Waals surface area contributed by atoms with Crippen LogP contribution in [-0.2, 0) is 13.0 Å². The van der Waals surface area contributed by atoms with Gasteiger partial charge in [0.05, 0.1) is 12.3 Å². The Labute approximate surface area is 194 Å². The lowest BCUT2D eigenvalue weighted by Gasteiger charge is -2.11. The fourth-order valence-electron chi connectivity index (χ4n) is 3.29. The van der Waals surface area contributed by atoms with Crippen LogP contribution < -0.4 is 0 Å². The molecule has 6 heteroatoms. The number of thioether (sulfide) groups is 1. The number of aryl methyl sites for hydroxylation is 1. The third-order valence-corrected chi connectivity index (χ3v) is 6.69. The maximum Gasteiger partial charge on any atom is 0.192 e. The normalized spacial score (nSPS) is 10.9. The van der Waals surface area contributed by atoms with Gasteiger partial charge >= 0.3 is 0 Å². The average molecular weight is 492 g/mol. The SMILES string of the molecule is CCc1ccc(C(=O)CSc2nnc(-c3ccccc3Br)n2Cc2ccccc2)cc1. The molecule has 0 fully saturated rings. The maximum absolute atomic E-state index is 12.7. The Morgan fingerprint density at radius 1 is 0.903 bits per heavy atom. The standard InChI is InChI=1S/C25H22BrN3OS/c1-2-18-12-14-20(15-13-18)23(30)17-31-25-28-27-24(21-10-6-7-11-22(21)26)29(25)16-19-8-4-3-5-9-19/h3-15H,2,16-17H2,1H3. The summed E-state index contributed by atoms with van der Waals surface area (Å²) in [6.45, 7) is 2.74. The van der Waals surface area contributed by atoms with Gasteiger partial charge < -0.3 is 0 Å². The summed E-state index contributed by atoms with van der Waals surface area (Å²) in [5.41, 5.74) is 4.08. The maximum atomic E-state index is 12.7. The van der Waals surface area contributed by atoms with E-state index in [1.807, 2.05) is 66.7 Å². The molecule has 0 unspecified atom stereocenters. The first-order valence-corrected chi connectivity index (χ1v) is 11.9. The summed E-state index contributed by atoms with van der Waals surface area (Å²) in [5, 5.41) is 9.62. The number of Topliss-reactive ketones (excluding diaryl/α,β-unsaturated/α-hetero) is 1. The minimum Gasteiger partial charge on any atom is -0.298 e. The highest BCUT2D eigenvalue weighted by molar-refractivity contribution is 9.10. The van der Waals surface area contributed by atoms with Gasteiger partial charge in [-0.3, -0.25) is 9.36 Å². The molecule has 0 aliphatic heterocycles. The number of hydrogen-bond acceptors (Lipinski definition) is 4. The zero-order chi connectivity index (χ0) is 21.6. The lowest BCUT2D eigenvalue weighted by atomic mass is 10.1. The number of ketones is 1. The second-order valence-corrected chi connectivity index (χ2v) is 8.92. The fraction of sp³-hybridized carbons (Fsp3) is 0.160. The van der Waals surface area contributed by atoms with E-state index in [-0.39, 0.29) is 5.78 Å². The van der Waals surface area contributed by atoms with Crippen molar-refractivity contribution < 1.29 is 4.79 Å². The number of halogens is 1. The van der Waals surface area contributed by atoms with Crippen molar-refractivity contribution in [3.63, 3.8) is 0 Å². The Morgan fingerprint density at radius 2 is 1.61 bits per heavy atom. The summed E-state index contributed by atoms with van der Waals surface area (Å²) in [7, 11) is 0. The van der Waals surface area contributed by atoms with Crippen LogP contribution in [0, 0.1) is 0 Å². The molecule has 0 saturated carbocycles. The third kappa shape index (κ3) is 5.14. The number of hydrogen-bond donors (Lipinski definition) is 0. The van der Waals surface area contributed by atoms with Crippen LogP contribution in [0.15, 0.2) is 88.5 Å². The van der Waals surface area contributed by atoms with Crippen molar-refractivity contribution in [3.8, 4) is 11.4 Å². The van der Waals surface area contributed by atoms with Gasteiger partial charge in [0.1, 0.15) is 0 Å². The van der Waals surface area contributed by atoms with Crippen LogP contribution in [0.5, 0.6) is 0 Å². The molecule has 4 rings (SSSR count). The van der Waals surface area contributed by atoms with E-state index in [9.17, 15) is 4.79 Å². The number of aromatic nitrogens is 3. The van der Waals surface area contributed by atoms with Gasteiger partial charge in [-0.25, -0.2) is 0 Å². The number of carbonyl (C=O) groups excluding carboxylic acids is 1. The second-order valence-electron chi connectivity index (χ2n) is 7.12. The van der Waals surface area contributed by atoms with E-state index < -0.39 is 0 Å². The van der Waals surface area contributed by atoms with Crippen LogP contribution in [-0.4, -0.2) is 26.3 Å². The molecule has 0 amide bonds. The van der Waals surface area contributed by atoms with Crippen LogP contribution in [0.2, 0.25) is 0 Å². The molecule has 1 aromatic heterocycles. The van der Waals surface area contributed by atoms with E-state index in [4.69, 9.17) is 0 Å². The van der Waals surface area contributed by atoms with Gasteiger partial charge in [0.2, 0.25) is 0 Å². The Hall–Kier alpha value is -2.70. The van der Waals surface area contributed by atoms with E-state index in [1.165, 1.54) is 17.3 Å². The second kappa shape index (κ2) is 10.1. The Kier molecular flexibility index (Phi) is 6.99. The molecule has 1 heterocycles. The quantitative estimate of drug-likeness (QED) is 0.214. The van der Waals surface area contributed by atoms with Crippen molar-refractivity contribution in [1.29, 1.82) is 0 Å². The van der Waals surface area contributed by atoms with E-state index in [0.29, 0.717) is 12.3 Å². The fourth-order valence-corrected chi connectivity index (χ4v) is 4.58. The first-order valence-electron chi connectivity index (χ1n) is 10.1. The van der Waals surface area contributed by atoms with Gasteiger partial charge in [0.25, 0.3) is 0 Å². The number of benzene rings is 3. The first-order chi connectivity index (χ1) is 15.2. The smallest absolute Gasteiger partial charge is 0.192 e. The van der Waals surface area contributed by atoms with Gasteiger partial charge in [-0.1, -0.05) is 107 Å². The van der Waals surface area contributed by atoms with Crippen molar-refractivity contribution in [2.75, 3.05) is 5.75 Å². The van der Waals surface area contributed by atoms with Crippen molar-refractivity contribution in [3.05, 3.63) is 100 Å². The molecule has 4 aromatic rings. The molecule has 0 saturated heterocycles. The predicted molar refractivity (Wildman–Crippen MR) is 130 cm³/mol. The van der Waals surface area contributed by atoms with Gasteiger partial charge in [0, 0.05) is 15.6 Å². The molecule has 0 radical (unpaired) electrons. The molecule has 31 heavy (non-hydrogen) atoms. The average Bonchev–Trinajstić information content (AvgIpc) is 3.20. The summed E-state index contributed by atoms with van der Waals surface area (Å²) in [6, 6.07) is 26.0. The Bertz CT molecular complexity index is 1170. The number of nitrogens with zero attached hydrogens (tertiary/aromatic N) is 3. The van der Waals surface area contributed by atoms with Gasteiger partial charge in [0.15, 0.2) is 16.8 Å². The Balaban J connectivity index is 1.60. The van der Waals surface area contributed by atoms with Crippen LogP contribution in [0.3, 0.4) is 0 Å². The molecule has 0 atom stereocenters. The monoisotopic (exact) mass is 491 g/mol. The van der Waals surface area contributed by atoms with Crippen molar-refractivity contribution in [2.24, 2.45) is 0 Å². The predicted octanol–water partition coefficient (Wildman–Crippen LogP) is 6.29. The summed E-state index contributed by atoms with van der Waals surface area (Å²) in [5.74, 6) is 1.18. The summed E-state index contributed by atoms with van der Waals surface area (Å²) in [4.78, 5) is 12.7. The highest BCUT2D eigenvalue weighted by Gasteiger charge is 2.18. The molecule has 0 bridgehead atoms. The van der Waals surface area contributed by atoms with E-state index in [1.54, 1.807) is 0 Å². The van der Waals surface area contributed by atoms with Crippen molar-refractivity contribution >= 4 is 33.5 Å². The molecule has 0 aliphatic carbocycles. The number of rotatable bonds is 8. The van der Waals surface area contributed by atoms with E-state index in [2.05, 4.69) is 49.8 Å². The first kappa shape index (κ1) is 21.5. The largest absolute Gasteiger partial charge is 0.298 e. The molecule has 0 N–H and O–H groups in total. The third-order valence-electron chi connectivity index (χ3n) is 5.03. The minimum absolute atomic E-state index is 0.0874. The lowest BCUT2D eigenvalue weighted by Crippen LogP contribution is -2.07. The highest BCUT2D eigenvalue weighted by atomic mass is 79.9. The topological polar surface area (TPSA) is 47.8 Å². The van der Waals surface area contributed by atoms with Gasteiger partial charge in [-0.2, -0.15) is 0 Å². The molecule has 0 spiro atoms. The summed E-state index contributed by atoms with van der Waals surface area (Å²) < 4.78 is 3.04. The summed E-state index contributed by atoms with van der Waals surface area (Å²) in [6.07, 6.45) is 0.962. The van der Waals surface area contributed by atoms with Gasteiger partial charge in [-0.15, -0.1) is 10.2 Å². The minimum atomic E-state index is 0.0874. The highest BCUT2D eigenvalue weighted by Crippen LogP contribution is 2.30. The molecule has 0 aliphatic rings. The van der Waals surface area contributed by atoms with Crippen molar-refractivity contribution in [1.82, 2.24) is 14.8 Å². The Morgan fingerprint density at radius 3 is 2.32 bits per heavy atom. The van der Waals surface area contributed by atoms with Crippen LogP contribution in [0.25, 0.3) is 11.4 Å². The number of carbonyl (C=O) groups is 1.